The van der Waals surface area contributed by atoms with Gasteiger partial charge >= 0.3 is 5.97 Å². The second-order valence-electron chi connectivity index (χ2n) is 4.64. The Morgan fingerprint density at radius 1 is 1.47 bits per heavy atom. The van der Waals surface area contributed by atoms with Crippen molar-refractivity contribution in [2.75, 3.05) is 18.0 Å². The number of carboxylic acids is 1. The largest absolute Gasteiger partial charge is 0.478 e. The molecule has 1 aliphatic heterocycles. The van der Waals surface area contributed by atoms with Gasteiger partial charge in [0.1, 0.15) is 5.82 Å². The number of carbonyl (C=O) groups is 1. The Morgan fingerprint density at radius 2 is 2.26 bits per heavy atom. The van der Waals surface area contributed by atoms with Crippen molar-refractivity contribution in [3.63, 3.8) is 0 Å². The van der Waals surface area contributed by atoms with Crippen LogP contribution in [0.4, 0.5) is 10.1 Å². The first-order valence-corrected chi connectivity index (χ1v) is 6.17. The highest BCUT2D eigenvalue weighted by atomic mass is 19.1. The molecule has 1 aliphatic rings. The smallest absolute Gasteiger partial charge is 0.328 e. The monoisotopic (exact) mass is 261 g/mol. The first-order chi connectivity index (χ1) is 9.06. The molecule has 0 amide bonds. The number of halogens is 1. The Hall–Kier alpha value is -2.10. The average molecular weight is 261 g/mol. The van der Waals surface area contributed by atoms with Gasteiger partial charge in [0, 0.05) is 19.2 Å². The predicted molar refractivity (Wildman–Crippen MR) is 73.7 cm³/mol. The third-order valence-electron chi connectivity index (χ3n) is 3.06. The zero-order valence-corrected chi connectivity index (χ0v) is 10.8. The second kappa shape index (κ2) is 5.69. The van der Waals surface area contributed by atoms with E-state index in [1.807, 2.05) is 11.8 Å². The predicted octanol–water partition coefficient (Wildman–Crippen LogP) is 3.08. The summed E-state index contributed by atoms with van der Waals surface area (Å²) >= 11 is 0. The van der Waals surface area contributed by atoms with Crippen molar-refractivity contribution < 1.29 is 14.3 Å². The fourth-order valence-corrected chi connectivity index (χ4v) is 2.17. The molecule has 100 valence electrons. The van der Waals surface area contributed by atoms with Crippen LogP contribution >= 0.6 is 0 Å². The Labute approximate surface area is 111 Å². The quantitative estimate of drug-likeness (QED) is 0.671. The van der Waals surface area contributed by atoms with E-state index in [4.69, 9.17) is 5.11 Å². The minimum Gasteiger partial charge on any atom is -0.478 e. The third-order valence-corrected chi connectivity index (χ3v) is 3.06. The van der Waals surface area contributed by atoms with Crippen LogP contribution in [0, 0.1) is 5.82 Å². The maximum atomic E-state index is 14.0. The maximum absolute atomic E-state index is 14.0. The van der Waals surface area contributed by atoms with E-state index < -0.39 is 5.97 Å². The highest BCUT2D eigenvalue weighted by Gasteiger charge is 2.14. The van der Waals surface area contributed by atoms with Gasteiger partial charge in [-0.25, -0.2) is 9.18 Å². The molecule has 0 saturated heterocycles. The molecule has 0 aromatic heterocycles. The summed E-state index contributed by atoms with van der Waals surface area (Å²) in [4.78, 5) is 12.4. The van der Waals surface area contributed by atoms with Crippen molar-refractivity contribution in [3.05, 3.63) is 47.3 Å². The summed E-state index contributed by atoms with van der Waals surface area (Å²) in [6.45, 7) is 3.58. The maximum Gasteiger partial charge on any atom is 0.328 e. The normalized spacial score (nSPS) is 15.7. The van der Waals surface area contributed by atoms with Crippen LogP contribution in [0.5, 0.6) is 0 Å². The lowest BCUT2D eigenvalue weighted by Gasteiger charge is -2.28. The zero-order chi connectivity index (χ0) is 13.8. The van der Waals surface area contributed by atoms with E-state index in [0.29, 0.717) is 11.3 Å². The molecule has 0 aliphatic carbocycles. The molecular weight excluding hydrogens is 245 g/mol. The Kier molecular flexibility index (Phi) is 4.00. The lowest BCUT2D eigenvalue weighted by atomic mass is 10.1. The van der Waals surface area contributed by atoms with Crippen molar-refractivity contribution in [1.82, 2.24) is 0 Å². The number of rotatable bonds is 3. The van der Waals surface area contributed by atoms with Crippen molar-refractivity contribution >= 4 is 17.7 Å². The molecule has 1 N–H and O–H groups in total. The SMILES string of the molecule is CC1=CCCN(c2ccc(/C=C/C(=O)O)cc2F)C1. The van der Waals surface area contributed by atoms with Crippen LogP contribution in [0.2, 0.25) is 0 Å². The molecule has 1 aromatic carbocycles. The Balaban J connectivity index is 2.20. The van der Waals surface area contributed by atoms with E-state index in [1.165, 1.54) is 17.7 Å². The summed E-state index contributed by atoms with van der Waals surface area (Å²) in [5, 5.41) is 8.54. The van der Waals surface area contributed by atoms with E-state index >= 15 is 0 Å². The molecule has 4 heteroatoms. The summed E-state index contributed by atoms with van der Waals surface area (Å²) in [7, 11) is 0. The topological polar surface area (TPSA) is 40.5 Å². The number of benzene rings is 1. The van der Waals surface area contributed by atoms with E-state index in [-0.39, 0.29) is 5.82 Å². The number of aliphatic carboxylic acids is 1. The number of anilines is 1. The van der Waals surface area contributed by atoms with Gasteiger partial charge in [-0.1, -0.05) is 17.7 Å². The molecule has 0 fully saturated rings. The zero-order valence-electron chi connectivity index (χ0n) is 10.8. The molecular formula is C15H16FNO2. The van der Waals surface area contributed by atoms with Crippen LogP contribution in [0.15, 0.2) is 35.9 Å². The van der Waals surface area contributed by atoms with Crippen molar-refractivity contribution in [2.45, 2.75) is 13.3 Å². The molecule has 0 spiro atoms. The van der Waals surface area contributed by atoms with Crippen molar-refractivity contribution in [3.8, 4) is 0 Å². The van der Waals surface area contributed by atoms with Gasteiger partial charge in [-0.2, -0.15) is 0 Å². The van der Waals surface area contributed by atoms with E-state index in [2.05, 4.69) is 6.08 Å². The number of hydrogen-bond donors (Lipinski definition) is 1. The van der Waals surface area contributed by atoms with Gasteiger partial charge in [-0.3, -0.25) is 0 Å². The molecule has 0 radical (unpaired) electrons. The molecule has 2 rings (SSSR count). The van der Waals surface area contributed by atoms with E-state index in [9.17, 15) is 9.18 Å². The highest BCUT2D eigenvalue weighted by Crippen LogP contribution is 2.24. The third kappa shape index (κ3) is 3.44. The van der Waals surface area contributed by atoms with Crippen LogP contribution in [0.1, 0.15) is 18.9 Å². The van der Waals surface area contributed by atoms with Gasteiger partial charge in [0.25, 0.3) is 0 Å². The Bertz CT molecular complexity index is 549. The lowest BCUT2D eigenvalue weighted by Crippen LogP contribution is -2.29. The molecule has 1 aromatic rings. The number of nitrogens with zero attached hydrogens (tertiary/aromatic N) is 1. The van der Waals surface area contributed by atoms with Crippen LogP contribution in [0.25, 0.3) is 6.08 Å². The van der Waals surface area contributed by atoms with Gasteiger partial charge in [0.15, 0.2) is 0 Å². The van der Waals surface area contributed by atoms with E-state index in [1.54, 1.807) is 12.1 Å². The number of hydrogen-bond acceptors (Lipinski definition) is 2. The molecule has 0 unspecified atom stereocenters. The van der Waals surface area contributed by atoms with Gasteiger partial charge in [-0.15, -0.1) is 0 Å². The van der Waals surface area contributed by atoms with Gasteiger partial charge in [0.2, 0.25) is 0 Å². The van der Waals surface area contributed by atoms with Crippen LogP contribution in [-0.2, 0) is 4.79 Å². The minimum atomic E-state index is -1.04. The van der Waals surface area contributed by atoms with Gasteiger partial charge < -0.3 is 10.0 Å². The minimum absolute atomic E-state index is 0.317. The molecule has 3 nitrogen and oxygen atoms in total. The molecule has 19 heavy (non-hydrogen) atoms. The van der Waals surface area contributed by atoms with Gasteiger partial charge in [-0.05, 0) is 37.1 Å². The van der Waals surface area contributed by atoms with Crippen molar-refractivity contribution in [1.29, 1.82) is 0 Å². The van der Waals surface area contributed by atoms with Gasteiger partial charge in [0.05, 0.1) is 5.69 Å². The fraction of sp³-hybridized carbons (Fsp3) is 0.267. The summed E-state index contributed by atoms with van der Waals surface area (Å²) in [6, 6.07) is 4.80. The van der Waals surface area contributed by atoms with Crippen LogP contribution in [0.3, 0.4) is 0 Å². The molecule has 0 saturated carbocycles. The standard InChI is InChI=1S/C15H16FNO2/c1-11-3-2-8-17(10-11)14-6-4-12(9-13(14)16)5-7-15(18)19/h3-7,9H,2,8,10H2,1H3,(H,18,19)/b7-5+. The summed E-state index contributed by atoms with van der Waals surface area (Å²) in [5.74, 6) is -1.36. The van der Waals surface area contributed by atoms with Crippen molar-refractivity contribution in [2.24, 2.45) is 0 Å². The fourth-order valence-electron chi connectivity index (χ4n) is 2.17. The van der Waals surface area contributed by atoms with E-state index in [0.717, 1.165) is 25.6 Å². The Morgan fingerprint density at radius 3 is 2.89 bits per heavy atom. The van der Waals surface area contributed by atoms with Crippen LogP contribution < -0.4 is 4.90 Å². The summed E-state index contributed by atoms with van der Waals surface area (Å²) in [6.07, 6.45) is 5.48. The second-order valence-corrected chi connectivity index (χ2v) is 4.64. The summed E-state index contributed by atoms with van der Waals surface area (Å²) < 4.78 is 14.0. The molecule has 0 atom stereocenters. The highest BCUT2D eigenvalue weighted by molar-refractivity contribution is 5.85. The summed E-state index contributed by atoms with van der Waals surface area (Å²) in [5.41, 5.74) is 2.35. The molecule has 1 heterocycles. The first kappa shape index (κ1) is 13.3. The molecule has 0 bridgehead atoms. The number of carboxylic acid groups (broad SMARTS) is 1. The average Bonchev–Trinajstić information content (AvgIpc) is 2.36. The van der Waals surface area contributed by atoms with Crippen LogP contribution in [-0.4, -0.2) is 24.2 Å². The first-order valence-electron chi connectivity index (χ1n) is 6.17. The lowest BCUT2D eigenvalue weighted by molar-refractivity contribution is -0.131.